The third-order valence-electron chi connectivity index (χ3n) is 2.36. The molecule has 112 valence electrons. The third kappa shape index (κ3) is 4.45. The number of amides is 1. The van der Waals surface area contributed by atoms with Gasteiger partial charge >= 0.3 is 0 Å². The molecule has 2 heterocycles. The summed E-state index contributed by atoms with van der Waals surface area (Å²) in [6.45, 7) is 4.08. The van der Waals surface area contributed by atoms with Gasteiger partial charge in [0.15, 0.2) is 5.16 Å². The Morgan fingerprint density at radius 1 is 1.43 bits per heavy atom. The summed E-state index contributed by atoms with van der Waals surface area (Å²) >= 11 is 6.16. The minimum Gasteiger partial charge on any atom is -0.295 e. The molecule has 2 rings (SSSR count). The zero-order valence-corrected chi connectivity index (χ0v) is 14.8. The molecular formula is C12H14BrN5OS2. The number of carbonyl (C=O) groups is 1. The summed E-state index contributed by atoms with van der Waals surface area (Å²) in [5.74, 6) is 0.529. The zero-order chi connectivity index (χ0) is 15.2. The quantitative estimate of drug-likeness (QED) is 0.604. The topological polar surface area (TPSA) is 80.7 Å². The largest absolute Gasteiger partial charge is 0.295 e. The van der Waals surface area contributed by atoms with E-state index in [1.807, 2.05) is 6.92 Å². The minimum absolute atomic E-state index is 0.299. The number of anilines is 1. The van der Waals surface area contributed by atoms with Gasteiger partial charge in [0, 0.05) is 12.6 Å². The van der Waals surface area contributed by atoms with Crippen LogP contribution in [0.4, 0.5) is 5.13 Å². The van der Waals surface area contributed by atoms with Gasteiger partial charge in [0.1, 0.15) is 10.7 Å². The van der Waals surface area contributed by atoms with Crippen molar-refractivity contribution < 1.29 is 4.79 Å². The highest BCUT2D eigenvalue weighted by atomic mass is 79.9. The van der Waals surface area contributed by atoms with Crippen LogP contribution in [0.3, 0.4) is 0 Å². The van der Waals surface area contributed by atoms with Crippen LogP contribution < -0.4 is 5.32 Å². The Balaban J connectivity index is 2.13. The zero-order valence-electron chi connectivity index (χ0n) is 11.6. The number of hydrogen-bond acceptors (Lipinski definition) is 7. The van der Waals surface area contributed by atoms with E-state index in [1.165, 1.54) is 23.1 Å². The van der Waals surface area contributed by atoms with Gasteiger partial charge < -0.3 is 0 Å². The van der Waals surface area contributed by atoms with Crippen molar-refractivity contribution in [2.45, 2.75) is 31.8 Å². The smallest absolute Gasteiger partial charge is 0.277 e. The number of nitrogens with zero attached hydrogens (tertiary/aromatic N) is 4. The fraction of sp³-hybridized carbons (Fsp3) is 0.417. The number of hydrogen-bond donors (Lipinski definition) is 1. The Hall–Kier alpha value is -1.06. The summed E-state index contributed by atoms with van der Waals surface area (Å²) in [7, 11) is 0. The van der Waals surface area contributed by atoms with Crippen molar-refractivity contribution in [3.8, 4) is 0 Å². The van der Waals surface area contributed by atoms with Crippen LogP contribution >= 0.6 is 39.0 Å². The second kappa shape index (κ2) is 7.81. The number of aryl methyl sites for hydroxylation is 1. The first-order chi connectivity index (χ1) is 10.1. The maximum absolute atomic E-state index is 12.3. The van der Waals surface area contributed by atoms with Gasteiger partial charge in [0.25, 0.3) is 5.91 Å². The monoisotopic (exact) mass is 387 g/mol. The molecule has 0 bridgehead atoms. The molecule has 1 amide bonds. The second-order valence-electron chi connectivity index (χ2n) is 3.99. The lowest BCUT2D eigenvalue weighted by atomic mass is 10.4. The molecule has 0 aromatic carbocycles. The Labute approximate surface area is 139 Å². The Kier molecular flexibility index (Phi) is 6.07. The van der Waals surface area contributed by atoms with Gasteiger partial charge in [0.2, 0.25) is 5.13 Å². The van der Waals surface area contributed by atoms with E-state index >= 15 is 0 Å². The molecule has 0 aliphatic carbocycles. The lowest BCUT2D eigenvalue weighted by molar-refractivity contribution is 0.102. The van der Waals surface area contributed by atoms with Crippen molar-refractivity contribution in [1.82, 2.24) is 20.2 Å². The Bertz CT molecular complexity index is 634. The molecule has 0 spiro atoms. The summed E-state index contributed by atoms with van der Waals surface area (Å²) in [6.07, 6.45) is 3.45. The van der Waals surface area contributed by atoms with Crippen molar-refractivity contribution in [3.63, 3.8) is 0 Å². The second-order valence-corrected chi connectivity index (χ2v) is 7.13. The molecule has 1 N–H and O–H groups in total. The molecule has 21 heavy (non-hydrogen) atoms. The molecule has 9 heteroatoms. The third-order valence-corrected chi connectivity index (χ3v) is 4.58. The van der Waals surface area contributed by atoms with Gasteiger partial charge in [-0.2, -0.15) is 0 Å². The predicted octanol–water partition coefficient (Wildman–Crippen LogP) is 3.41. The summed E-state index contributed by atoms with van der Waals surface area (Å²) in [6, 6.07) is 0. The van der Waals surface area contributed by atoms with Crippen molar-refractivity contribution in [1.29, 1.82) is 0 Å². The average Bonchev–Trinajstić information content (AvgIpc) is 2.89. The van der Waals surface area contributed by atoms with Crippen LogP contribution in [-0.2, 0) is 6.42 Å². The first-order valence-electron chi connectivity index (χ1n) is 6.43. The lowest BCUT2D eigenvalue weighted by Gasteiger charge is -2.04. The molecule has 0 unspecified atom stereocenters. The van der Waals surface area contributed by atoms with E-state index in [1.54, 1.807) is 6.20 Å². The lowest BCUT2D eigenvalue weighted by Crippen LogP contribution is -2.15. The van der Waals surface area contributed by atoms with E-state index < -0.39 is 0 Å². The fourth-order valence-electron chi connectivity index (χ4n) is 1.48. The van der Waals surface area contributed by atoms with Crippen LogP contribution in [0.1, 0.15) is 35.8 Å². The maximum Gasteiger partial charge on any atom is 0.277 e. The molecule has 0 atom stereocenters. The average molecular weight is 388 g/mol. The number of rotatable bonds is 6. The summed E-state index contributed by atoms with van der Waals surface area (Å²) in [4.78, 5) is 20.7. The molecule has 0 radical (unpaired) electrons. The molecule has 0 aliphatic heterocycles. The van der Waals surface area contributed by atoms with E-state index in [9.17, 15) is 4.79 Å². The molecule has 2 aromatic rings. The molecular weight excluding hydrogens is 374 g/mol. The fourth-order valence-corrected chi connectivity index (χ4v) is 3.23. The number of aromatic nitrogens is 4. The molecule has 0 saturated carbocycles. The summed E-state index contributed by atoms with van der Waals surface area (Å²) in [5, 5.41) is 12.7. The molecule has 2 aromatic heterocycles. The maximum atomic E-state index is 12.3. The molecule has 0 aliphatic rings. The van der Waals surface area contributed by atoms with Crippen LogP contribution in [0.5, 0.6) is 0 Å². The van der Waals surface area contributed by atoms with E-state index in [4.69, 9.17) is 0 Å². The normalized spacial score (nSPS) is 10.6. The van der Waals surface area contributed by atoms with Crippen LogP contribution in [-0.4, -0.2) is 31.8 Å². The predicted molar refractivity (Wildman–Crippen MR) is 88.0 cm³/mol. The van der Waals surface area contributed by atoms with E-state index in [2.05, 4.69) is 48.3 Å². The first-order valence-corrected chi connectivity index (χ1v) is 9.02. The van der Waals surface area contributed by atoms with Gasteiger partial charge in [-0.05, 0) is 28.1 Å². The Morgan fingerprint density at radius 3 is 2.95 bits per heavy atom. The number of nitrogens with one attached hydrogen (secondary N) is 1. The molecule has 6 nitrogen and oxygen atoms in total. The highest BCUT2D eigenvalue weighted by Crippen LogP contribution is 2.21. The van der Waals surface area contributed by atoms with Crippen LogP contribution in [0.25, 0.3) is 0 Å². The highest BCUT2D eigenvalue weighted by Gasteiger charge is 2.16. The minimum atomic E-state index is -0.318. The van der Waals surface area contributed by atoms with Crippen molar-refractivity contribution in [3.05, 3.63) is 21.4 Å². The van der Waals surface area contributed by atoms with E-state index in [0.717, 1.165) is 23.6 Å². The standard InChI is InChI=1S/C12H14BrN5OS2/c1-3-5-8-17-18-12(21-8)16-10(19)9-7(13)6-14-11(15-9)20-4-2/h6H,3-5H2,1-2H3,(H,16,18,19). The van der Waals surface area contributed by atoms with Crippen molar-refractivity contribution in [2.75, 3.05) is 11.1 Å². The van der Waals surface area contributed by atoms with Crippen molar-refractivity contribution >= 4 is 50.1 Å². The van der Waals surface area contributed by atoms with E-state index in [0.29, 0.717) is 20.5 Å². The summed E-state index contributed by atoms with van der Waals surface area (Å²) in [5.41, 5.74) is 0.299. The Morgan fingerprint density at radius 2 is 2.24 bits per heavy atom. The number of thioether (sulfide) groups is 1. The number of halogens is 1. The molecule has 0 fully saturated rings. The van der Waals surface area contributed by atoms with Crippen LogP contribution in [0, 0.1) is 0 Å². The first kappa shape index (κ1) is 16.3. The van der Waals surface area contributed by atoms with Crippen LogP contribution in [0.15, 0.2) is 15.8 Å². The van der Waals surface area contributed by atoms with Crippen LogP contribution in [0.2, 0.25) is 0 Å². The van der Waals surface area contributed by atoms with Gasteiger partial charge in [-0.1, -0.05) is 36.9 Å². The highest BCUT2D eigenvalue weighted by molar-refractivity contribution is 9.10. The van der Waals surface area contributed by atoms with Gasteiger partial charge in [-0.15, -0.1) is 10.2 Å². The van der Waals surface area contributed by atoms with Gasteiger partial charge in [-0.25, -0.2) is 9.97 Å². The van der Waals surface area contributed by atoms with Gasteiger partial charge in [0.05, 0.1) is 4.47 Å². The molecule has 0 saturated heterocycles. The van der Waals surface area contributed by atoms with E-state index in [-0.39, 0.29) is 5.91 Å². The van der Waals surface area contributed by atoms with Crippen molar-refractivity contribution in [2.24, 2.45) is 0 Å². The van der Waals surface area contributed by atoms with Gasteiger partial charge in [-0.3, -0.25) is 10.1 Å². The SMILES string of the molecule is CCCc1nnc(NC(=O)c2nc(SCC)ncc2Br)s1. The number of carbonyl (C=O) groups excluding carboxylic acids is 1. The summed E-state index contributed by atoms with van der Waals surface area (Å²) < 4.78 is 0.554.